The molecule has 2 N–H and O–H groups in total. The Morgan fingerprint density at radius 1 is 1.10 bits per heavy atom. The number of hydrogen-bond acceptors (Lipinski definition) is 4. The van der Waals surface area contributed by atoms with Crippen LogP contribution in [0.2, 0.25) is 10.0 Å². The van der Waals surface area contributed by atoms with E-state index in [1.165, 1.54) is 43.5 Å². The molecule has 2 aromatic carbocycles. The minimum Gasteiger partial charge on any atom is -0.506 e. The number of anilines is 1. The average molecular weight is 348 g/mol. The highest BCUT2D eigenvalue weighted by atomic mass is 35.5. The monoisotopic (exact) mass is 347 g/mol. The number of phenols is 1. The van der Waals surface area contributed by atoms with E-state index < -0.39 is 10.0 Å². The molecule has 0 amide bonds. The van der Waals surface area contributed by atoms with Gasteiger partial charge < -0.3 is 9.84 Å². The zero-order valence-electron chi connectivity index (χ0n) is 10.8. The molecule has 21 heavy (non-hydrogen) atoms. The van der Waals surface area contributed by atoms with Crippen molar-refractivity contribution in [2.45, 2.75) is 4.90 Å². The van der Waals surface area contributed by atoms with Crippen LogP contribution in [0.4, 0.5) is 5.69 Å². The maximum atomic E-state index is 12.3. The highest BCUT2D eigenvalue weighted by molar-refractivity contribution is 7.92. The molecule has 0 saturated carbocycles. The summed E-state index contributed by atoms with van der Waals surface area (Å²) in [5.74, 6) is 0.180. The molecule has 2 aromatic rings. The molecule has 0 atom stereocenters. The lowest BCUT2D eigenvalue weighted by atomic mass is 10.3. The summed E-state index contributed by atoms with van der Waals surface area (Å²) < 4.78 is 31.7. The predicted octanol–water partition coefficient (Wildman–Crippen LogP) is 3.51. The maximum Gasteiger partial charge on any atom is 0.262 e. The molecule has 0 radical (unpaired) electrons. The zero-order chi connectivity index (χ0) is 15.6. The van der Waals surface area contributed by atoms with Gasteiger partial charge in [0.05, 0.1) is 27.7 Å². The second kappa shape index (κ2) is 6.01. The first-order chi connectivity index (χ1) is 9.83. The van der Waals surface area contributed by atoms with E-state index in [0.29, 0.717) is 5.75 Å². The minimum atomic E-state index is -3.91. The second-order valence-corrected chi connectivity index (χ2v) is 6.56. The summed E-state index contributed by atoms with van der Waals surface area (Å²) in [6.45, 7) is 0. The summed E-state index contributed by atoms with van der Waals surface area (Å²) in [5, 5.41) is 10.1. The zero-order valence-corrected chi connectivity index (χ0v) is 13.1. The molecular weight excluding hydrogens is 337 g/mol. The standard InChI is InChI=1S/C13H11Cl2NO4S/c1-20-8-2-5-13(17)12(6-8)16-21(18,19)9-3-4-10(14)11(15)7-9/h2-7,16-17H,1H3. The molecule has 8 heteroatoms. The van der Waals surface area contributed by atoms with Gasteiger partial charge in [-0.05, 0) is 30.3 Å². The van der Waals surface area contributed by atoms with Gasteiger partial charge in [-0.15, -0.1) is 0 Å². The summed E-state index contributed by atoms with van der Waals surface area (Å²) in [4.78, 5) is -0.0703. The smallest absolute Gasteiger partial charge is 0.262 e. The van der Waals surface area contributed by atoms with E-state index in [9.17, 15) is 13.5 Å². The Morgan fingerprint density at radius 3 is 2.43 bits per heavy atom. The number of benzene rings is 2. The average Bonchev–Trinajstić information content (AvgIpc) is 2.44. The molecule has 0 unspecified atom stereocenters. The minimum absolute atomic E-state index is 0.000391. The van der Waals surface area contributed by atoms with Gasteiger partial charge in [-0.25, -0.2) is 8.42 Å². The highest BCUT2D eigenvalue weighted by Gasteiger charge is 2.17. The number of halogens is 2. The van der Waals surface area contributed by atoms with Gasteiger partial charge in [-0.1, -0.05) is 23.2 Å². The lowest BCUT2D eigenvalue weighted by Crippen LogP contribution is -2.13. The molecule has 0 aliphatic heterocycles. The van der Waals surface area contributed by atoms with Gasteiger partial charge in [0.15, 0.2) is 0 Å². The Balaban J connectivity index is 2.39. The summed E-state index contributed by atoms with van der Waals surface area (Å²) >= 11 is 11.6. The van der Waals surface area contributed by atoms with Gasteiger partial charge >= 0.3 is 0 Å². The van der Waals surface area contributed by atoms with Crippen LogP contribution < -0.4 is 9.46 Å². The van der Waals surface area contributed by atoms with E-state index in [1.807, 2.05) is 0 Å². The number of aromatic hydroxyl groups is 1. The van der Waals surface area contributed by atoms with Gasteiger partial charge in [0.1, 0.15) is 11.5 Å². The molecule has 0 aliphatic carbocycles. The van der Waals surface area contributed by atoms with Crippen molar-refractivity contribution in [2.75, 3.05) is 11.8 Å². The molecule has 5 nitrogen and oxygen atoms in total. The quantitative estimate of drug-likeness (QED) is 0.829. The van der Waals surface area contributed by atoms with Crippen molar-refractivity contribution in [1.82, 2.24) is 0 Å². The van der Waals surface area contributed by atoms with Crippen molar-refractivity contribution in [1.29, 1.82) is 0 Å². The molecule has 0 fully saturated rings. The molecule has 0 heterocycles. The van der Waals surface area contributed by atoms with Crippen molar-refractivity contribution in [3.63, 3.8) is 0 Å². The van der Waals surface area contributed by atoms with Crippen molar-refractivity contribution >= 4 is 38.9 Å². The summed E-state index contributed by atoms with van der Waals surface area (Å²) in [6.07, 6.45) is 0. The van der Waals surface area contributed by atoms with E-state index >= 15 is 0 Å². The predicted molar refractivity (Wildman–Crippen MR) is 81.9 cm³/mol. The normalized spacial score (nSPS) is 11.2. The van der Waals surface area contributed by atoms with Crippen LogP contribution in [0.15, 0.2) is 41.3 Å². The molecule has 112 valence electrons. The third kappa shape index (κ3) is 3.53. The van der Waals surface area contributed by atoms with Crippen LogP contribution in [0.1, 0.15) is 0 Å². The molecule has 2 rings (SSSR count). The second-order valence-electron chi connectivity index (χ2n) is 4.06. The topological polar surface area (TPSA) is 75.6 Å². The van der Waals surface area contributed by atoms with Gasteiger partial charge in [0, 0.05) is 6.07 Å². The number of nitrogens with one attached hydrogen (secondary N) is 1. The first-order valence-corrected chi connectivity index (χ1v) is 7.92. The lowest BCUT2D eigenvalue weighted by Gasteiger charge is -2.11. The van der Waals surface area contributed by atoms with Crippen LogP contribution in [0.5, 0.6) is 11.5 Å². The van der Waals surface area contributed by atoms with E-state index in [-0.39, 0.29) is 26.4 Å². The van der Waals surface area contributed by atoms with Crippen LogP contribution in [-0.4, -0.2) is 20.6 Å². The van der Waals surface area contributed by atoms with Crippen molar-refractivity contribution in [2.24, 2.45) is 0 Å². The third-order valence-corrected chi connectivity index (χ3v) is 4.75. The number of ether oxygens (including phenoxy) is 1. The molecule has 0 spiro atoms. The van der Waals surface area contributed by atoms with Crippen LogP contribution in [0.25, 0.3) is 0 Å². The van der Waals surface area contributed by atoms with Crippen LogP contribution in [-0.2, 0) is 10.0 Å². The molecule has 0 saturated heterocycles. The fraction of sp³-hybridized carbons (Fsp3) is 0.0769. The maximum absolute atomic E-state index is 12.3. The summed E-state index contributed by atoms with van der Waals surface area (Å²) in [6, 6.07) is 8.11. The Kier molecular flexibility index (Phi) is 4.51. The van der Waals surface area contributed by atoms with Crippen LogP contribution >= 0.6 is 23.2 Å². The Morgan fingerprint density at radius 2 is 1.81 bits per heavy atom. The van der Waals surface area contributed by atoms with E-state index in [0.717, 1.165) is 0 Å². The number of sulfonamides is 1. The molecule has 0 aromatic heterocycles. The van der Waals surface area contributed by atoms with Gasteiger partial charge in [0.2, 0.25) is 0 Å². The van der Waals surface area contributed by atoms with E-state index in [1.54, 1.807) is 0 Å². The Labute approximate surface area is 132 Å². The number of hydrogen-bond donors (Lipinski definition) is 2. The SMILES string of the molecule is COc1ccc(O)c(NS(=O)(=O)c2ccc(Cl)c(Cl)c2)c1. The van der Waals surface area contributed by atoms with Crippen molar-refractivity contribution in [3.05, 3.63) is 46.4 Å². The molecule has 0 aliphatic rings. The molecule has 0 bridgehead atoms. The lowest BCUT2D eigenvalue weighted by molar-refractivity contribution is 0.413. The van der Waals surface area contributed by atoms with Crippen LogP contribution in [0.3, 0.4) is 0 Å². The van der Waals surface area contributed by atoms with Crippen molar-refractivity contribution < 1.29 is 18.3 Å². The van der Waals surface area contributed by atoms with E-state index in [2.05, 4.69) is 4.72 Å². The van der Waals surface area contributed by atoms with Gasteiger partial charge in [-0.2, -0.15) is 0 Å². The number of methoxy groups -OCH3 is 1. The van der Waals surface area contributed by atoms with Crippen LogP contribution in [0, 0.1) is 0 Å². The largest absolute Gasteiger partial charge is 0.506 e. The summed E-state index contributed by atoms with van der Waals surface area (Å²) in [5.41, 5.74) is 0.000391. The number of rotatable bonds is 4. The summed E-state index contributed by atoms with van der Waals surface area (Å²) in [7, 11) is -2.47. The highest BCUT2D eigenvalue weighted by Crippen LogP contribution is 2.31. The fourth-order valence-corrected chi connectivity index (χ4v) is 3.03. The Bertz CT molecular complexity index is 778. The van der Waals surface area contributed by atoms with Gasteiger partial charge in [0.25, 0.3) is 10.0 Å². The van der Waals surface area contributed by atoms with E-state index in [4.69, 9.17) is 27.9 Å². The first-order valence-electron chi connectivity index (χ1n) is 5.68. The third-order valence-electron chi connectivity index (χ3n) is 2.65. The number of phenolic OH excluding ortho intramolecular Hbond substituents is 1. The fourth-order valence-electron chi connectivity index (χ4n) is 1.57. The van der Waals surface area contributed by atoms with Gasteiger partial charge in [-0.3, -0.25) is 4.72 Å². The Hall–Kier alpha value is -1.63. The van der Waals surface area contributed by atoms with Crippen molar-refractivity contribution in [3.8, 4) is 11.5 Å². The molecular formula is C13H11Cl2NO4S. The first kappa shape index (κ1) is 15.8.